The van der Waals surface area contributed by atoms with Crippen molar-refractivity contribution in [3.63, 3.8) is 0 Å². The van der Waals surface area contributed by atoms with Gasteiger partial charge in [-0.25, -0.2) is 14.8 Å². The van der Waals surface area contributed by atoms with Crippen molar-refractivity contribution in [1.29, 1.82) is 0 Å². The molecule has 0 aliphatic rings. The van der Waals surface area contributed by atoms with Gasteiger partial charge < -0.3 is 9.67 Å². The maximum Gasteiger partial charge on any atom is 0.354 e. The van der Waals surface area contributed by atoms with E-state index in [0.717, 1.165) is 33.3 Å². The Morgan fingerprint density at radius 2 is 1.71 bits per heavy atom. The molecule has 2 aromatic heterocycles. The molecule has 0 radical (unpaired) electrons. The lowest BCUT2D eigenvalue weighted by atomic mass is 9.87. The van der Waals surface area contributed by atoms with E-state index in [9.17, 15) is 9.90 Å². The van der Waals surface area contributed by atoms with Crippen molar-refractivity contribution < 1.29 is 9.90 Å². The molecular formula is C27H19Cl2N3O2. The van der Waals surface area contributed by atoms with Gasteiger partial charge in [0.05, 0.1) is 17.8 Å². The Bertz CT molecular complexity index is 1530. The highest BCUT2D eigenvalue weighted by Gasteiger charge is 2.22. The van der Waals surface area contributed by atoms with E-state index >= 15 is 0 Å². The number of imidazole rings is 1. The molecule has 0 fully saturated rings. The third-order valence-corrected chi connectivity index (χ3v) is 6.36. The van der Waals surface area contributed by atoms with E-state index in [0.29, 0.717) is 15.6 Å². The number of hydrogen-bond donors (Lipinski definition) is 1. The van der Waals surface area contributed by atoms with E-state index in [1.165, 1.54) is 0 Å². The number of aromatic carboxylic acids is 1. The highest BCUT2D eigenvalue weighted by atomic mass is 35.5. The first-order valence-corrected chi connectivity index (χ1v) is 11.3. The molecule has 2 heterocycles. The summed E-state index contributed by atoms with van der Waals surface area (Å²) in [7, 11) is 1.96. The summed E-state index contributed by atoms with van der Waals surface area (Å²) in [5.41, 5.74) is 5.25. The van der Waals surface area contributed by atoms with Crippen molar-refractivity contribution in [2.24, 2.45) is 7.05 Å². The number of carboxylic acids is 1. The first-order chi connectivity index (χ1) is 16.4. The number of fused-ring (bicyclic) bond motifs is 1. The van der Waals surface area contributed by atoms with Crippen LogP contribution in [0.25, 0.3) is 22.0 Å². The van der Waals surface area contributed by atoms with E-state index in [1.807, 2.05) is 72.4 Å². The van der Waals surface area contributed by atoms with Gasteiger partial charge in [0.15, 0.2) is 0 Å². The Kier molecular flexibility index (Phi) is 5.82. The Hall–Kier alpha value is -3.67. The van der Waals surface area contributed by atoms with Gasteiger partial charge >= 0.3 is 5.97 Å². The monoisotopic (exact) mass is 487 g/mol. The zero-order valence-electron chi connectivity index (χ0n) is 18.1. The average Bonchev–Trinajstić information content (AvgIpc) is 3.25. The molecule has 5 nitrogen and oxygen atoms in total. The number of benzene rings is 3. The number of nitrogens with zero attached hydrogens (tertiary/aromatic N) is 3. The minimum absolute atomic E-state index is 0.0175. The fourth-order valence-corrected chi connectivity index (χ4v) is 4.58. The van der Waals surface area contributed by atoms with Gasteiger partial charge in [0.1, 0.15) is 5.69 Å². The summed E-state index contributed by atoms with van der Waals surface area (Å²) in [4.78, 5) is 20.5. The molecule has 1 unspecified atom stereocenters. The van der Waals surface area contributed by atoms with Crippen LogP contribution in [0.5, 0.6) is 0 Å². The number of carboxylic acid groups (broad SMARTS) is 1. The zero-order chi connectivity index (χ0) is 23.8. The fraction of sp³-hybridized carbons (Fsp3) is 0.0741. The van der Waals surface area contributed by atoms with Gasteiger partial charge in [0.2, 0.25) is 0 Å². The molecule has 0 amide bonds. The van der Waals surface area contributed by atoms with E-state index in [2.05, 4.69) is 16.0 Å². The molecule has 0 saturated carbocycles. The first kappa shape index (κ1) is 22.1. The van der Waals surface area contributed by atoms with Gasteiger partial charge in [-0.15, -0.1) is 0 Å². The van der Waals surface area contributed by atoms with Crippen LogP contribution in [-0.4, -0.2) is 25.6 Å². The summed E-state index contributed by atoms with van der Waals surface area (Å²) in [6, 6.07) is 22.7. The predicted octanol–water partition coefficient (Wildman–Crippen LogP) is 6.82. The third-order valence-electron chi connectivity index (χ3n) is 5.87. The average molecular weight is 488 g/mol. The molecule has 7 heteroatoms. The molecule has 5 aromatic rings. The van der Waals surface area contributed by atoms with E-state index < -0.39 is 5.97 Å². The molecule has 3 aromatic carbocycles. The largest absolute Gasteiger partial charge is 0.477 e. The van der Waals surface area contributed by atoms with Crippen LogP contribution in [0.1, 0.15) is 33.2 Å². The van der Waals surface area contributed by atoms with Gasteiger partial charge in [-0.05, 0) is 64.7 Å². The predicted molar refractivity (Wildman–Crippen MR) is 135 cm³/mol. The van der Waals surface area contributed by atoms with Crippen molar-refractivity contribution in [2.75, 3.05) is 0 Å². The highest BCUT2D eigenvalue weighted by molar-refractivity contribution is 6.31. The lowest BCUT2D eigenvalue weighted by molar-refractivity contribution is 0.0691. The number of carbonyl (C=O) groups is 1. The summed E-state index contributed by atoms with van der Waals surface area (Å²) in [5.74, 6) is -1.19. The lowest BCUT2D eigenvalue weighted by Gasteiger charge is -2.20. The van der Waals surface area contributed by atoms with Crippen LogP contribution in [0, 0.1) is 0 Å². The number of pyridine rings is 1. The third kappa shape index (κ3) is 4.16. The zero-order valence-corrected chi connectivity index (χ0v) is 19.6. The second-order valence-corrected chi connectivity index (χ2v) is 8.93. The van der Waals surface area contributed by atoms with Crippen LogP contribution in [0.15, 0.2) is 85.3 Å². The molecular weight excluding hydrogens is 469 g/mol. The minimum atomic E-state index is -1.08. The first-order valence-electron chi connectivity index (χ1n) is 10.6. The molecule has 0 aliphatic heterocycles. The Morgan fingerprint density at radius 1 is 0.941 bits per heavy atom. The van der Waals surface area contributed by atoms with Crippen LogP contribution in [0.3, 0.4) is 0 Å². The second-order valence-electron chi connectivity index (χ2n) is 8.06. The van der Waals surface area contributed by atoms with E-state index in [4.69, 9.17) is 23.2 Å². The number of halogens is 2. The van der Waals surface area contributed by atoms with Gasteiger partial charge in [0, 0.05) is 34.4 Å². The van der Waals surface area contributed by atoms with Crippen LogP contribution < -0.4 is 0 Å². The SMILES string of the molecule is Cn1cncc1C(c1ccc(Cl)cc1)c1ccc2nc(C(=O)O)cc(-c3cccc(Cl)c3)c2c1. The minimum Gasteiger partial charge on any atom is -0.477 e. The van der Waals surface area contributed by atoms with Gasteiger partial charge in [-0.3, -0.25) is 0 Å². The van der Waals surface area contributed by atoms with Gasteiger partial charge in [0.25, 0.3) is 0 Å². The molecule has 0 aliphatic carbocycles. The van der Waals surface area contributed by atoms with Crippen LogP contribution in [0.2, 0.25) is 10.0 Å². The highest BCUT2D eigenvalue weighted by Crippen LogP contribution is 2.37. The number of aromatic nitrogens is 3. The number of hydrogen-bond acceptors (Lipinski definition) is 3. The van der Waals surface area contributed by atoms with Crippen molar-refractivity contribution in [3.05, 3.63) is 118 Å². The Balaban J connectivity index is 1.77. The lowest BCUT2D eigenvalue weighted by Crippen LogP contribution is -2.08. The molecule has 1 N–H and O–H groups in total. The normalized spacial score (nSPS) is 12.1. The van der Waals surface area contributed by atoms with Crippen LogP contribution >= 0.6 is 23.2 Å². The Labute approximate surface area is 206 Å². The molecule has 0 saturated heterocycles. The summed E-state index contributed by atoms with van der Waals surface area (Å²) >= 11 is 12.4. The van der Waals surface area contributed by atoms with E-state index in [1.54, 1.807) is 18.5 Å². The quantitative estimate of drug-likeness (QED) is 0.295. The van der Waals surface area contributed by atoms with Crippen molar-refractivity contribution >= 4 is 40.1 Å². The smallest absolute Gasteiger partial charge is 0.354 e. The standard InChI is InChI=1S/C27H19Cl2N3O2/c1-32-15-30-14-25(32)26(16-5-8-19(28)9-6-16)18-7-10-23-22(12-18)21(13-24(31-23)27(33)34)17-3-2-4-20(29)11-17/h2-15,26H,1H3,(H,33,34). The van der Waals surface area contributed by atoms with Crippen molar-refractivity contribution in [2.45, 2.75) is 5.92 Å². The summed E-state index contributed by atoms with van der Waals surface area (Å²) in [6.45, 7) is 0. The van der Waals surface area contributed by atoms with Gasteiger partial charge in [-0.2, -0.15) is 0 Å². The maximum absolute atomic E-state index is 11.8. The van der Waals surface area contributed by atoms with E-state index in [-0.39, 0.29) is 11.6 Å². The van der Waals surface area contributed by atoms with Crippen LogP contribution in [0.4, 0.5) is 0 Å². The second kappa shape index (κ2) is 8.93. The molecule has 1 atom stereocenters. The summed E-state index contributed by atoms with van der Waals surface area (Å²) in [6.07, 6.45) is 3.63. The van der Waals surface area contributed by atoms with Crippen molar-refractivity contribution in [1.82, 2.24) is 14.5 Å². The number of aryl methyl sites for hydroxylation is 1. The van der Waals surface area contributed by atoms with Gasteiger partial charge in [-0.1, -0.05) is 53.5 Å². The molecule has 5 rings (SSSR count). The summed E-state index contributed by atoms with van der Waals surface area (Å²) < 4.78 is 1.99. The maximum atomic E-state index is 11.8. The summed E-state index contributed by atoms with van der Waals surface area (Å²) in [5, 5.41) is 11.7. The molecule has 34 heavy (non-hydrogen) atoms. The van der Waals surface area contributed by atoms with Crippen LogP contribution in [-0.2, 0) is 7.05 Å². The molecule has 0 spiro atoms. The number of rotatable bonds is 5. The molecule has 168 valence electrons. The Morgan fingerprint density at radius 3 is 2.38 bits per heavy atom. The van der Waals surface area contributed by atoms with Crippen molar-refractivity contribution in [3.8, 4) is 11.1 Å². The molecule has 0 bridgehead atoms. The fourth-order valence-electron chi connectivity index (χ4n) is 4.26. The topological polar surface area (TPSA) is 68.0 Å².